The number of fused-ring (bicyclic) bond motifs is 1. The molecule has 3 heterocycles. The fourth-order valence-electron chi connectivity index (χ4n) is 3.70. The number of aromatic nitrogens is 4. The second-order valence-electron chi connectivity index (χ2n) is 6.89. The summed E-state index contributed by atoms with van der Waals surface area (Å²) in [6.07, 6.45) is 5.97. The van der Waals surface area contributed by atoms with Gasteiger partial charge in [0.2, 0.25) is 0 Å². The third-order valence-corrected chi connectivity index (χ3v) is 5.14. The number of aromatic amines is 1. The zero-order chi connectivity index (χ0) is 17.8. The average Bonchev–Trinajstić information content (AvgIpc) is 3.18. The van der Waals surface area contributed by atoms with E-state index < -0.39 is 0 Å². The molecule has 1 fully saturated rings. The van der Waals surface area contributed by atoms with Gasteiger partial charge in [-0.2, -0.15) is 0 Å². The molecule has 0 bridgehead atoms. The lowest BCUT2D eigenvalue weighted by molar-refractivity contribution is 0.0792. The molecule has 3 aromatic rings. The van der Waals surface area contributed by atoms with E-state index in [0.717, 1.165) is 49.4 Å². The first kappa shape index (κ1) is 16.8. The van der Waals surface area contributed by atoms with Crippen LogP contribution in [-0.2, 0) is 0 Å². The molecule has 7 nitrogen and oxygen atoms in total. The molecule has 0 amide bonds. The van der Waals surface area contributed by atoms with Gasteiger partial charge in [0.1, 0.15) is 17.6 Å². The van der Waals surface area contributed by atoms with Gasteiger partial charge in [0, 0.05) is 18.5 Å². The number of nitrogens with one attached hydrogen (secondary N) is 1. The van der Waals surface area contributed by atoms with E-state index in [1.54, 1.807) is 12.7 Å². The lowest BCUT2D eigenvalue weighted by Crippen LogP contribution is -2.46. The molecule has 136 valence electrons. The van der Waals surface area contributed by atoms with Gasteiger partial charge in [0.05, 0.1) is 19.5 Å². The smallest absolute Gasteiger partial charge is 0.182 e. The highest BCUT2D eigenvalue weighted by Crippen LogP contribution is 2.36. The van der Waals surface area contributed by atoms with E-state index >= 15 is 0 Å². The lowest BCUT2D eigenvalue weighted by Gasteiger charge is -2.42. The Morgan fingerprint density at radius 1 is 1.19 bits per heavy atom. The summed E-state index contributed by atoms with van der Waals surface area (Å²) in [6.45, 7) is 2.37. The van der Waals surface area contributed by atoms with Gasteiger partial charge in [-0.15, -0.1) is 0 Å². The molecule has 1 aromatic carbocycles. The Labute approximate surface area is 152 Å². The first-order chi connectivity index (χ1) is 12.8. The highest BCUT2D eigenvalue weighted by Gasteiger charge is 2.36. The molecule has 26 heavy (non-hydrogen) atoms. The monoisotopic (exact) mass is 353 g/mol. The summed E-state index contributed by atoms with van der Waals surface area (Å²) in [5, 5.41) is 10.1. The molecule has 1 saturated heterocycles. The summed E-state index contributed by atoms with van der Waals surface area (Å²) in [5.74, 6) is 1.72. The van der Waals surface area contributed by atoms with Gasteiger partial charge in [0.25, 0.3) is 0 Å². The average molecular weight is 353 g/mol. The minimum Gasteiger partial charge on any atom is -0.494 e. The molecular weight excluding hydrogens is 330 g/mol. The van der Waals surface area contributed by atoms with Crippen molar-refractivity contribution >= 4 is 17.0 Å². The largest absolute Gasteiger partial charge is 0.494 e. The molecule has 7 heteroatoms. The van der Waals surface area contributed by atoms with Crippen LogP contribution in [0.5, 0.6) is 5.75 Å². The Hall–Kier alpha value is -2.67. The first-order valence-corrected chi connectivity index (χ1v) is 8.97. The number of benzene rings is 1. The van der Waals surface area contributed by atoms with Crippen LogP contribution >= 0.6 is 0 Å². The van der Waals surface area contributed by atoms with Crippen molar-refractivity contribution in [2.24, 2.45) is 5.41 Å². The second-order valence-corrected chi connectivity index (χ2v) is 6.89. The number of imidazole rings is 1. The fourth-order valence-corrected chi connectivity index (χ4v) is 3.70. The van der Waals surface area contributed by atoms with Gasteiger partial charge >= 0.3 is 0 Å². The van der Waals surface area contributed by atoms with Crippen molar-refractivity contribution in [2.75, 3.05) is 31.2 Å². The Bertz CT molecular complexity index is 853. The van der Waals surface area contributed by atoms with Crippen molar-refractivity contribution in [3.05, 3.63) is 43.0 Å². The summed E-state index contributed by atoms with van der Waals surface area (Å²) < 4.78 is 5.86. The highest BCUT2D eigenvalue weighted by molar-refractivity contribution is 5.82. The summed E-state index contributed by atoms with van der Waals surface area (Å²) in [4.78, 5) is 18.2. The van der Waals surface area contributed by atoms with Crippen LogP contribution < -0.4 is 9.64 Å². The number of aliphatic hydroxyl groups excluding tert-OH is 1. The van der Waals surface area contributed by atoms with E-state index in [2.05, 4.69) is 24.8 Å². The van der Waals surface area contributed by atoms with E-state index in [1.165, 1.54) is 0 Å². The SMILES string of the molecule is OC[C@@]1(CCOc2ccccc2)CCCN(c2ncnc3nc[nH]c23)C1. The normalized spacial score (nSPS) is 20.4. The highest BCUT2D eigenvalue weighted by atomic mass is 16.5. The molecule has 0 radical (unpaired) electrons. The number of ether oxygens (including phenoxy) is 1. The number of aliphatic hydroxyl groups is 1. The quantitative estimate of drug-likeness (QED) is 0.708. The Balaban J connectivity index is 1.47. The van der Waals surface area contributed by atoms with Crippen LogP contribution in [0.2, 0.25) is 0 Å². The van der Waals surface area contributed by atoms with E-state index in [-0.39, 0.29) is 12.0 Å². The van der Waals surface area contributed by atoms with Crippen LogP contribution in [0.3, 0.4) is 0 Å². The molecule has 0 unspecified atom stereocenters. The Kier molecular flexibility index (Phi) is 4.71. The number of piperidine rings is 1. The van der Waals surface area contributed by atoms with Gasteiger partial charge in [-0.05, 0) is 31.4 Å². The molecule has 4 rings (SSSR count). The standard InChI is InChI=1S/C19H23N5O2/c25-12-19(8-10-26-15-5-2-1-3-6-15)7-4-9-24(11-19)18-16-17(21-13-20-16)22-14-23-18/h1-3,5-6,13-14,25H,4,7-12H2,(H,20,21,22,23)/t19-/m1/s1. The molecule has 0 saturated carbocycles. The van der Waals surface area contributed by atoms with Crippen molar-refractivity contribution in [3.63, 3.8) is 0 Å². The van der Waals surface area contributed by atoms with E-state index in [1.807, 2.05) is 30.3 Å². The van der Waals surface area contributed by atoms with Crippen molar-refractivity contribution in [2.45, 2.75) is 19.3 Å². The molecule has 2 N–H and O–H groups in total. The van der Waals surface area contributed by atoms with Gasteiger partial charge < -0.3 is 19.7 Å². The van der Waals surface area contributed by atoms with Crippen molar-refractivity contribution < 1.29 is 9.84 Å². The summed E-state index contributed by atoms with van der Waals surface area (Å²) in [5.41, 5.74) is 1.33. The van der Waals surface area contributed by atoms with E-state index in [0.29, 0.717) is 12.3 Å². The minimum atomic E-state index is -0.190. The van der Waals surface area contributed by atoms with Crippen LogP contribution in [-0.4, -0.2) is 51.3 Å². The van der Waals surface area contributed by atoms with E-state index in [9.17, 15) is 5.11 Å². The number of hydrogen-bond donors (Lipinski definition) is 2. The number of rotatable bonds is 6. The van der Waals surface area contributed by atoms with Crippen LogP contribution in [0.25, 0.3) is 11.2 Å². The molecule has 2 aromatic heterocycles. The number of nitrogens with zero attached hydrogens (tertiary/aromatic N) is 4. The van der Waals surface area contributed by atoms with Gasteiger partial charge in [-0.1, -0.05) is 18.2 Å². The number of hydrogen-bond acceptors (Lipinski definition) is 6. The molecule has 0 aliphatic carbocycles. The van der Waals surface area contributed by atoms with Crippen molar-refractivity contribution in [1.82, 2.24) is 19.9 Å². The predicted octanol–water partition coefficient (Wildman–Crippen LogP) is 2.40. The van der Waals surface area contributed by atoms with Crippen molar-refractivity contribution in [1.29, 1.82) is 0 Å². The van der Waals surface area contributed by atoms with Crippen LogP contribution in [0.15, 0.2) is 43.0 Å². The first-order valence-electron chi connectivity index (χ1n) is 8.97. The van der Waals surface area contributed by atoms with Crippen LogP contribution in [0.1, 0.15) is 19.3 Å². The van der Waals surface area contributed by atoms with Crippen LogP contribution in [0, 0.1) is 5.41 Å². The minimum absolute atomic E-state index is 0.138. The van der Waals surface area contributed by atoms with Gasteiger partial charge in [-0.3, -0.25) is 0 Å². The van der Waals surface area contributed by atoms with Crippen molar-refractivity contribution in [3.8, 4) is 5.75 Å². The summed E-state index contributed by atoms with van der Waals surface area (Å²) >= 11 is 0. The van der Waals surface area contributed by atoms with E-state index in [4.69, 9.17) is 4.74 Å². The number of anilines is 1. The third kappa shape index (κ3) is 3.35. The summed E-state index contributed by atoms with van der Waals surface area (Å²) in [7, 11) is 0. The second kappa shape index (κ2) is 7.29. The topological polar surface area (TPSA) is 87.2 Å². The maximum atomic E-state index is 10.1. The molecular formula is C19H23N5O2. The van der Waals surface area contributed by atoms with Gasteiger partial charge in [0.15, 0.2) is 11.5 Å². The molecule has 1 atom stereocenters. The van der Waals surface area contributed by atoms with Crippen LogP contribution in [0.4, 0.5) is 5.82 Å². The molecule has 1 aliphatic heterocycles. The molecule has 0 spiro atoms. The van der Waals surface area contributed by atoms with Gasteiger partial charge in [-0.25, -0.2) is 15.0 Å². The molecule has 1 aliphatic rings. The maximum Gasteiger partial charge on any atom is 0.182 e. The Morgan fingerprint density at radius 3 is 2.92 bits per heavy atom. The fraction of sp³-hybridized carbons (Fsp3) is 0.421. The Morgan fingerprint density at radius 2 is 2.08 bits per heavy atom. The zero-order valence-electron chi connectivity index (χ0n) is 14.6. The lowest BCUT2D eigenvalue weighted by atomic mass is 9.78. The number of H-pyrrole nitrogens is 1. The number of para-hydroxylation sites is 1. The predicted molar refractivity (Wildman–Crippen MR) is 99.2 cm³/mol. The zero-order valence-corrected chi connectivity index (χ0v) is 14.6. The third-order valence-electron chi connectivity index (χ3n) is 5.14. The maximum absolute atomic E-state index is 10.1. The summed E-state index contributed by atoms with van der Waals surface area (Å²) in [6, 6.07) is 9.80.